The van der Waals surface area contributed by atoms with Crippen LogP contribution in [0.2, 0.25) is 0 Å². The molecule has 0 atom stereocenters. The van der Waals surface area contributed by atoms with Gasteiger partial charge in [0.25, 0.3) is 0 Å². The summed E-state index contributed by atoms with van der Waals surface area (Å²) in [5.74, 6) is 0.905. The Bertz CT molecular complexity index is 1460. The number of ketones is 1. The van der Waals surface area contributed by atoms with Crippen molar-refractivity contribution < 1.29 is 9.90 Å². The highest BCUT2D eigenvalue weighted by atomic mass is 16.3. The lowest BCUT2D eigenvalue weighted by Gasteiger charge is -2.54. The van der Waals surface area contributed by atoms with Gasteiger partial charge in [0.2, 0.25) is 0 Å². The molecule has 4 aromatic rings. The summed E-state index contributed by atoms with van der Waals surface area (Å²) in [6.07, 6.45) is 9.62. The topological polar surface area (TPSA) is 100 Å². The van der Waals surface area contributed by atoms with Crippen molar-refractivity contribution in [1.29, 1.82) is 0 Å². The number of hydrogen-bond donors (Lipinski definition) is 1. The van der Waals surface area contributed by atoms with Crippen LogP contribution in [-0.4, -0.2) is 73.7 Å². The quantitative estimate of drug-likeness (QED) is 0.406. The monoisotopic (exact) mass is 497 g/mol. The second-order valence-electron chi connectivity index (χ2n) is 10.5. The average molecular weight is 498 g/mol. The third-order valence-electron chi connectivity index (χ3n) is 7.98. The highest BCUT2D eigenvalue weighted by Crippen LogP contribution is 2.41. The van der Waals surface area contributed by atoms with Gasteiger partial charge in [-0.15, -0.1) is 0 Å². The molecule has 2 saturated heterocycles. The van der Waals surface area contributed by atoms with Gasteiger partial charge < -0.3 is 14.9 Å². The van der Waals surface area contributed by atoms with Crippen LogP contribution < -0.4 is 4.90 Å². The average Bonchev–Trinajstić information content (AvgIpc) is 3.28. The summed E-state index contributed by atoms with van der Waals surface area (Å²) in [4.78, 5) is 31.5. The molecule has 0 amide bonds. The first-order valence-electron chi connectivity index (χ1n) is 12.7. The number of hydrogen-bond acceptors (Lipinski definition) is 8. The van der Waals surface area contributed by atoms with Crippen LogP contribution in [0.5, 0.6) is 0 Å². The largest absolute Gasteiger partial charge is 0.390 e. The molecule has 4 aromatic heterocycles. The number of aromatic nitrogens is 5. The van der Waals surface area contributed by atoms with E-state index in [1.807, 2.05) is 18.2 Å². The van der Waals surface area contributed by atoms with Gasteiger partial charge in [-0.05, 0) is 62.6 Å². The fourth-order valence-corrected chi connectivity index (χ4v) is 5.56. The lowest BCUT2D eigenvalue weighted by molar-refractivity contribution is 0.0900. The number of Topliss-reactive ketones (excluding diaryl/α,β-unsaturated/α-hetero) is 1. The number of aliphatic hydroxyl groups excluding tert-OH is 1. The number of carbonyl (C=O) groups excluding carboxylic acids is 1. The number of carbonyl (C=O) groups is 1. The van der Waals surface area contributed by atoms with Crippen LogP contribution in [-0.2, 0) is 20.1 Å². The first-order chi connectivity index (χ1) is 17.9. The van der Waals surface area contributed by atoms with Gasteiger partial charge >= 0.3 is 0 Å². The highest BCUT2D eigenvalue weighted by Gasteiger charge is 2.44. The summed E-state index contributed by atoms with van der Waals surface area (Å²) < 4.78 is 1.65. The van der Waals surface area contributed by atoms with E-state index in [1.54, 1.807) is 42.6 Å². The molecule has 9 heteroatoms. The zero-order valence-electron chi connectivity index (χ0n) is 21.3. The normalized spacial score (nSPS) is 17.3. The first-order valence-corrected chi connectivity index (χ1v) is 12.7. The van der Waals surface area contributed by atoms with Crippen LogP contribution in [0.25, 0.3) is 22.0 Å². The molecule has 0 radical (unpaired) electrons. The Balaban J connectivity index is 1.18. The van der Waals surface area contributed by atoms with Crippen LogP contribution in [0, 0.1) is 5.41 Å². The molecular weight excluding hydrogens is 466 g/mol. The van der Waals surface area contributed by atoms with Crippen molar-refractivity contribution in [2.24, 2.45) is 12.5 Å². The van der Waals surface area contributed by atoms with Gasteiger partial charge in [0.05, 0.1) is 30.6 Å². The number of pyridine rings is 3. The standard InChI is InChI=1S/C28H31N7O2/c1-33-7-4-28(5-8-33)17-35(18-28)27-11-19(3-6-29-27)26(37)12-22-9-20-10-24(31-14-21(20)13-30-22)23-15-32-34(2)25(23)16-36/h3,6,9-11,13-15,36H,4-5,7-8,12,16-18H2,1-2H3. The SMILES string of the molecule is CN1CCC2(CC1)CN(c1cc(C(=O)Cc3cc4cc(-c5cnn(C)c5CO)ncc4cn3)ccn1)C2. The minimum absolute atomic E-state index is 0.0223. The maximum absolute atomic E-state index is 13.2. The van der Waals surface area contributed by atoms with E-state index in [2.05, 4.69) is 36.9 Å². The summed E-state index contributed by atoms with van der Waals surface area (Å²) in [5.41, 5.74) is 3.99. The Hall–Kier alpha value is -3.69. The number of likely N-dealkylation sites (tertiary alicyclic amines) is 1. The van der Waals surface area contributed by atoms with Crippen LogP contribution in [0.4, 0.5) is 5.82 Å². The van der Waals surface area contributed by atoms with E-state index in [0.29, 0.717) is 22.4 Å². The Morgan fingerprint density at radius 2 is 1.78 bits per heavy atom. The molecule has 6 rings (SSSR count). The molecule has 0 unspecified atom stereocenters. The van der Waals surface area contributed by atoms with E-state index in [1.165, 1.54) is 12.8 Å². The summed E-state index contributed by atoms with van der Waals surface area (Å²) in [5, 5.41) is 15.8. The molecule has 1 spiro atoms. The number of fused-ring (bicyclic) bond motifs is 1. The van der Waals surface area contributed by atoms with E-state index in [0.717, 1.165) is 54.0 Å². The van der Waals surface area contributed by atoms with Crippen molar-refractivity contribution >= 4 is 22.4 Å². The van der Waals surface area contributed by atoms with E-state index in [4.69, 9.17) is 0 Å². The molecule has 0 aliphatic carbocycles. The second-order valence-corrected chi connectivity index (χ2v) is 10.5. The molecule has 0 aromatic carbocycles. The summed E-state index contributed by atoms with van der Waals surface area (Å²) in [6, 6.07) is 7.61. The molecule has 0 bridgehead atoms. The number of nitrogens with zero attached hydrogens (tertiary/aromatic N) is 7. The summed E-state index contributed by atoms with van der Waals surface area (Å²) in [6.45, 7) is 4.22. The summed E-state index contributed by atoms with van der Waals surface area (Å²) in [7, 11) is 3.98. The molecular formula is C28H31N7O2. The molecule has 2 aliphatic heterocycles. The summed E-state index contributed by atoms with van der Waals surface area (Å²) >= 11 is 0. The van der Waals surface area contributed by atoms with Gasteiger partial charge in [-0.1, -0.05) is 0 Å². The molecule has 37 heavy (non-hydrogen) atoms. The minimum Gasteiger partial charge on any atom is -0.390 e. The van der Waals surface area contributed by atoms with Crippen LogP contribution in [0.1, 0.15) is 34.6 Å². The van der Waals surface area contributed by atoms with Crippen LogP contribution >= 0.6 is 0 Å². The predicted molar refractivity (Wildman–Crippen MR) is 141 cm³/mol. The van der Waals surface area contributed by atoms with E-state index in [9.17, 15) is 9.90 Å². The second kappa shape index (κ2) is 9.32. The van der Waals surface area contributed by atoms with Gasteiger partial charge in [0.15, 0.2) is 5.78 Å². The predicted octanol–water partition coefficient (Wildman–Crippen LogP) is 2.88. The molecule has 6 heterocycles. The smallest absolute Gasteiger partial charge is 0.169 e. The number of anilines is 1. The van der Waals surface area contributed by atoms with Crippen molar-refractivity contribution in [3.8, 4) is 11.3 Å². The molecule has 2 fully saturated rings. The Morgan fingerprint density at radius 3 is 2.57 bits per heavy atom. The fourth-order valence-electron chi connectivity index (χ4n) is 5.56. The van der Waals surface area contributed by atoms with Gasteiger partial charge in [-0.25, -0.2) is 4.98 Å². The van der Waals surface area contributed by atoms with E-state index >= 15 is 0 Å². The minimum atomic E-state index is -0.120. The van der Waals surface area contributed by atoms with Crippen molar-refractivity contribution in [3.63, 3.8) is 0 Å². The maximum Gasteiger partial charge on any atom is 0.169 e. The van der Waals surface area contributed by atoms with Gasteiger partial charge in [-0.3, -0.25) is 19.4 Å². The molecule has 2 aliphatic rings. The number of aliphatic hydroxyl groups is 1. The molecule has 0 saturated carbocycles. The lowest BCUT2D eigenvalue weighted by atomic mass is 9.72. The fraction of sp³-hybridized carbons (Fsp3) is 0.393. The number of piperidine rings is 1. The zero-order valence-corrected chi connectivity index (χ0v) is 21.3. The molecule has 9 nitrogen and oxygen atoms in total. The van der Waals surface area contributed by atoms with Crippen LogP contribution in [0.3, 0.4) is 0 Å². The van der Waals surface area contributed by atoms with Crippen molar-refractivity contribution in [2.75, 3.05) is 38.1 Å². The van der Waals surface area contributed by atoms with Gasteiger partial charge in [0.1, 0.15) is 5.82 Å². The number of aryl methyl sites for hydroxylation is 1. The maximum atomic E-state index is 13.2. The van der Waals surface area contributed by atoms with Crippen molar-refractivity contribution in [3.05, 3.63) is 66.0 Å². The third kappa shape index (κ3) is 4.49. The first kappa shape index (κ1) is 23.7. The third-order valence-corrected chi connectivity index (χ3v) is 7.98. The van der Waals surface area contributed by atoms with E-state index < -0.39 is 0 Å². The van der Waals surface area contributed by atoms with Gasteiger partial charge in [-0.2, -0.15) is 5.10 Å². The molecule has 1 N–H and O–H groups in total. The van der Waals surface area contributed by atoms with Crippen molar-refractivity contribution in [1.82, 2.24) is 29.6 Å². The Morgan fingerprint density at radius 1 is 1.00 bits per heavy atom. The lowest BCUT2D eigenvalue weighted by Crippen LogP contribution is -2.60. The van der Waals surface area contributed by atoms with Crippen LogP contribution in [0.15, 0.2) is 49.1 Å². The van der Waals surface area contributed by atoms with Gasteiger partial charge in [0, 0.05) is 66.3 Å². The highest BCUT2D eigenvalue weighted by molar-refractivity contribution is 5.98. The molecule has 190 valence electrons. The number of rotatable bonds is 6. The Kier molecular flexibility index (Phi) is 5.97. The van der Waals surface area contributed by atoms with E-state index in [-0.39, 0.29) is 18.8 Å². The zero-order chi connectivity index (χ0) is 25.6. The van der Waals surface area contributed by atoms with Crippen molar-refractivity contribution in [2.45, 2.75) is 25.9 Å². The Labute approximate surface area is 215 Å².